The van der Waals surface area contributed by atoms with E-state index in [0.717, 1.165) is 25.9 Å². The van der Waals surface area contributed by atoms with Gasteiger partial charge in [-0.05, 0) is 68.1 Å². The molecule has 0 heterocycles. The van der Waals surface area contributed by atoms with Gasteiger partial charge in [-0.25, -0.2) is 0 Å². The van der Waals surface area contributed by atoms with Crippen molar-refractivity contribution in [1.82, 2.24) is 37.2 Å². The summed E-state index contributed by atoms with van der Waals surface area (Å²) in [5.74, 6) is -0.767. The van der Waals surface area contributed by atoms with Crippen molar-refractivity contribution in [3.05, 3.63) is 0 Å². The molecule has 5 amide bonds. The third-order valence-corrected chi connectivity index (χ3v) is 6.82. The van der Waals surface area contributed by atoms with Gasteiger partial charge in [0, 0.05) is 84.1 Å². The SMILES string of the molecule is C.C.C.C.C.C.CCCC(=O)NCC.CCCC(=O)O.CCCCCC.CCN.CCNC(=O)CCC(=O)CN.CCNC(=O)CCC(=O)CNC.CCNC(=O)CCC(=O)CNC.CCNC(=O)CN. The lowest BCUT2D eigenvalue weighted by Gasteiger charge is -2.00. The van der Waals surface area contributed by atoms with Crippen molar-refractivity contribution in [3.63, 3.8) is 0 Å². The minimum Gasteiger partial charge on any atom is -0.481 e. The number of rotatable bonds is 27. The fourth-order valence-corrected chi connectivity index (χ4v) is 3.78. The molecule has 0 atom stereocenters. The Labute approximate surface area is 437 Å². The maximum absolute atomic E-state index is 10.9. The number of ketones is 3. The molecule has 0 saturated carbocycles. The molecule has 0 aliphatic heterocycles. The first kappa shape index (κ1) is 104. The number of amides is 5. The van der Waals surface area contributed by atoms with Gasteiger partial charge in [0.2, 0.25) is 29.5 Å². The zero-order chi connectivity index (χ0) is 52.1. The molecule has 20 heteroatoms. The number of hydrogen-bond acceptors (Lipinski definition) is 14. The van der Waals surface area contributed by atoms with Crippen LogP contribution in [0.3, 0.4) is 0 Å². The minimum absolute atomic E-state index is 0. The number of Topliss-reactive ketones (excluding diaryl/α,β-unsaturated/α-hetero) is 3. The summed E-state index contributed by atoms with van der Waals surface area (Å²) in [7, 11) is 3.42. The highest BCUT2D eigenvalue weighted by Gasteiger charge is 2.06. The molecule has 0 bridgehead atoms. The molecule has 14 N–H and O–H groups in total. The lowest BCUT2D eigenvalue weighted by molar-refractivity contribution is -0.137. The molecule has 71 heavy (non-hydrogen) atoms. The number of carboxylic acid groups (broad SMARTS) is 1. The monoisotopic (exact) mass is 1030 g/mol. The number of nitrogens with one attached hydrogen (secondary N) is 7. The van der Waals surface area contributed by atoms with Crippen LogP contribution in [0.4, 0.5) is 0 Å². The summed E-state index contributed by atoms with van der Waals surface area (Å²) in [6, 6.07) is 0. The Morgan fingerprint density at radius 2 is 0.606 bits per heavy atom. The second-order valence-electron chi connectivity index (χ2n) is 13.4. The summed E-state index contributed by atoms with van der Waals surface area (Å²) in [4.78, 5) is 95.2. The topological polar surface area (TPSA) is 336 Å². The zero-order valence-corrected chi connectivity index (χ0v) is 42.8. The van der Waals surface area contributed by atoms with Gasteiger partial charge >= 0.3 is 5.97 Å². The van der Waals surface area contributed by atoms with Gasteiger partial charge in [-0.2, -0.15) is 0 Å². The summed E-state index contributed by atoms with van der Waals surface area (Å²) >= 11 is 0. The molecule has 0 aliphatic rings. The van der Waals surface area contributed by atoms with E-state index in [4.69, 9.17) is 22.3 Å². The molecule has 0 fully saturated rings. The standard InChI is InChI=1S/2C8H16N2O2.C7H14N2O2.C6H13NO.C6H14.C4H10N2O.C4H8O2.C2H7N.6CH4/c2*1-3-10-8(12)5-4-7(11)6-9-2;1-2-9-7(11)4-3-6(10)5-8;1-3-5-6(8)7-4-2;1-3-5-6-4-2;1-2-6-4(7)3-5;1-2-3-4(5)6;1-2-3;;;;;;/h2*9H,3-6H2,1-2H3,(H,10,12);2-5,8H2,1H3,(H,9,11);3-5H2,1-2H3,(H,7,8);3-6H2,1-2H3;2-3,5H2,1H3,(H,6,7);2-3H2,1H3,(H,5,6);2-3H2,1H3;6*1H4. The van der Waals surface area contributed by atoms with Crippen molar-refractivity contribution in [2.24, 2.45) is 17.2 Å². The second kappa shape index (κ2) is 95.3. The van der Waals surface area contributed by atoms with Crippen molar-refractivity contribution < 1.29 is 48.3 Å². The van der Waals surface area contributed by atoms with Gasteiger partial charge in [0.25, 0.3) is 0 Å². The molecule has 0 saturated heterocycles. The van der Waals surface area contributed by atoms with Crippen LogP contribution in [0, 0.1) is 0 Å². The number of nitrogens with two attached hydrogens (primary N) is 3. The Bertz CT molecular complexity index is 1050. The van der Waals surface area contributed by atoms with E-state index in [1.54, 1.807) is 14.1 Å². The van der Waals surface area contributed by atoms with Crippen LogP contribution in [0.2, 0.25) is 0 Å². The van der Waals surface area contributed by atoms with E-state index < -0.39 is 5.97 Å². The third-order valence-electron chi connectivity index (χ3n) is 6.82. The first-order chi connectivity index (χ1) is 30.8. The van der Waals surface area contributed by atoms with Crippen LogP contribution in [0.25, 0.3) is 0 Å². The van der Waals surface area contributed by atoms with Crippen molar-refractivity contribution in [2.45, 2.75) is 204 Å². The molecule has 0 aromatic heterocycles. The maximum Gasteiger partial charge on any atom is 0.303 e. The van der Waals surface area contributed by atoms with E-state index >= 15 is 0 Å². The van der Waals surface area contributed by atoms with Crippen LogP contribution in [0.1, 0.15) is 204 Å². The van der Waals surface area contributed by atoms with Crippen LogP contribution >= 0.6 is 0 Å². The predicted molar refractivity (Wildman–Crippen MR) is 304 cm³/mol. The summed E-state index contributed by atoms with van der Waals surface area (Å²) in [5, 5.41) is 26.5. The fourth-order valence-electron chi connectivity index (χ4n) is 3.78. The summed E-state index contributed by atoms with van der Waals surface area (Å²) in [5.41, 5.74) is 14.8. The lowest BCUT2D eigenvalue weighted by atomic mass is 10.2. The van der Waals surface area contributed by atoms with Gasteiger partial charge in [0.05, 0.1) is 26.2 Å². The maximum atomic E-state index is 10.9. The molecule has 0 aromatic rings. The molecule has 0 radical (unpaired) electrons. The largest absolute Gasteiger partial charge is 0.481 e. The average Bonchev–Trinajstić information content (AvgIpc) is 3.26. The Morgan fingerprint density at radius 1 is 0.352 bits per heavy atom. The molecule has 0 unspecified atom stereocenters. The van der Waals surface area contributed by atoms with Crippen LogP contribution in [-0.4, -0.2) is 138 Å². The number of unbranched alkanes of at least 4 members (excludes halogenated alkanes) is 3. The normalized spacial score (nSPS) is 8.15. The summed E-state index contributed by atoms with van der Waals surface area (Å²) in [6.07, 6.45) is 9.91. The van der Waals surface area contributed by atoms with Crippen LogP contribution < -0.4 is 54.4 Å². The van der Waals surface area contributed by atoms with Gasteiger partial charge in [-0.1, -0.05) is 105 Å². The van der Waals surface area contributed by atoms with E-state index in [1.807, 2.05) is 55.4 Å². The van der Waals surface area contributed by atoms with Crippen LogP contribution in [0.5, 0.6) is 0 Å². The smallest absolute Gasteiger partial charge is 0.303 e. The molecule has 0 aromatic carbocycles. The molecule has 20 nitrogen and oxygen atoms in total. The Morgan fingerprint density at radius 3 is 0.775 bits per heavy atom. The van der Waals surface area contributed by atoms with Gasteiger partial charge < -0.3 is 59.5 Å². The average molecular weight is 1040 g/mol. The molecule has 0 spiro atoms. The number of aliphatic carboxylic acids is 1. The van der Waals surface area contributed by atoms with E-state index in [2.05, 4.69) is 51.1 Å². The first-order valence-electron chi connectivity index (χ1n) is 23.3. The lowest BCUT2D eigenvalue weighted by Crippen LogP contribution is -2.29. The Hall–Kier alpha value is -4.37. The summed E-state index contributed by atoms with van der Waals surface area (Å²) in [6.45, 7) is 24.4. The highest BCUT2D eigenvalue weighted by atomic mass is 16.4. The molecule has 436 valence electrons. The van der Waals surface area contributed by atoms with E-state index in [0.29, 0.717) is 77.8 Å². The van der Waals surface area contributed by atoms with Crippen molar-refractivity contribution in [2.75, 3.05) is 79.5 Å². The highest BCUT2D eigenvalue weighted by Crippen LogP contribution is 1.95. The molecule has 0 rings (SSSR count). The van der Waals surface area contributed by atoms with Crippen molar-refractivity contribution in [1.29, 1.82) is 0 Å². The number of carbonyl (C=O) groups excluding carboxylic acids is 8. The van der Waals surface area contributed by atoms with E-state index in [9.17, 15) is 43.2 Å². The van der Waals surface area contributed by atoms with Crippen LogP contribution in [0.15, 0.2) is 0 Å². The number of hydrogen-bond donors (Lipinski definition) is 11. The van der Waals surface area contributed by atoms with Gasteiger partial charge in [-0.15, -0.1) is 0 Å². The summed E-state index contributed by atoms with van der Waals surface area (Å²) < 4.78 is 0. The van der Waals surface area contributed by atoms with Gasteiger partial charge in [0.1, 0.15) is 17.3 Å². The Kier molecular flexibility index (Phi) is 139. The number of carboxylic acids is 1. The number of likely N-dealkylation sites (N-methyl/N-ethyl adjacent to an activating group) is 3. The zero-order valence-electron chi connectivity index (χ0n) is 42.8. The van der Waals surface area contributed by atoms with Gasteiger partial charge in [-0.3, -0.25) is 43.2 Å². The van der Waals surface area contributed by atoms with Crippen molar-refractivity contribution >= 4 is 52.9 Å². The van der Waals surface area contributed by atoms with E-state index in [-0.39, 0.29) is 117 Å². The van der Waals surface area contributed by atoms with Crippen molar-refractivity contribution in [3.8, 4) is 0 Å². The highest BCUT2D eigenvalue weighted by molar-refractivity contribution is 5.87. The first-order valence-corrected chi connectivity index (χ1v) is 23.3. The molecule has 0 aliphatic carbocycles. The van der Waals surface area contributed by atoms with Gasteiger partial charge in [0.15, 0.2) is 0 Å². The predicted octanol–water partition coefficient (Wildman–Crippen LogP) is 6.06. The Balaban J connectivity index is -0.0000000441. The third kappa shape index (κ3) is 133. The second-order valence-corrected chi connectivity index (χ2v) is 13.4. The van der Waals surface area contributed by atoms with Crippen LogP contribution in [-0.2, 0) is 43.2 Å². The fraction of sp³-hybridized carbons (Fsp3) is 0.824. The molecular formula is C51H122N10O10. The minimum atomic E-state index is -0.711. The van der Waals surface area contributed by atoms with E-state index in [1.165, 1.54) is 25.7 Å². The quantitative estimate of drug-likeness (QED) is 0.0417. The number of carbonyl (C=O) groups is 9. The molecular weight excluding hydrogens is 913 g/mol.